The number of benzene rings is 2. The minimum atomic E-state index is -0.397. The lowest BCUT2D eigenvalue weighted by Crippen LogP contribution is -2.18. The Kier molecular flexibility index (Phi) is 12.0. The number of hydrogen-bond acceptors (Lipinski definition) is 3. The Balaban J connectivity index is 1.92. The van der Waals surface area contributed by atoms with E-state index in [0.29, 0.717) is 5.57 Å². The second-order valence-corrected chi connectivity index (χ2v) is 9.16. The molecule has 0 bridgehead atoms. The molecular formula is C30H42O3. The van der Waals surface area contributed by atoms with Crippen LogP contribution in [0.5, 0.6) is 0 Å². The van der Waals surface area contributed by atoms with Crippen LogP contribution in [0.15, 0.2) is 54.6 Å². The first kappa shape index (κ1) is 26.9. The lowest BCUT2D eigenvalue weighted by atomic mass is 9.93. The van der Waals surface area contributed by atoms with Crippen LogP contribution in [0.2, 0.25) is 0 Å². The van der Waals surface area contributed by atoms with E-state index in [-0.39, 0.29) is 19.1 Å². The molecule has 0 aliphatic rings. The summed E-state index contributed by atoms with van der Waals surface area (Å²) in [4.78, 5) is 11.6. The van der Waals surface area contributed by atoms with E-state index in [1.807, 2.05) is 0 Å². The monoisotopic (exact) mass is 450 g/mol. The fraction of sp³-hybridized carbons (Fsp3) is 0.500. The van der Waals surface area contributed by atoms with Crippen molar-refractivity contribution in [3.05, 3.63) is 71.3 Å². The van der Waals surface area contributed by atoms with Crippen LogP contribution in [0, 0.1) is 5.92 Å². The summed E-state index contributed by atoms with van der Waals surface area (Å²) in [5.74, 6) is -0.457. The number of unbranched alkanes of at least 4 members (excludes halogenated alkanes) is 4. The van der Waals surface area contributed by atoms with Gasteiger partial charge in [-0.1, -0.05) is 88.6 Å². The maximum atomic E-state index is 11.6. The van der Waals surface area contributed by atoms with E-state index in [1.165, 1.54) is 66.3 Å². The summed E-state index contributed by atoms with van der Waals surface area (Å²) in [5.41, 5.74) is 7.07. The molecular weight excluding hydrogens is 408 g/mol. The lowest BCUT2D eigenvalue weighted by molar-refractivity contribution is -0.140. The molecule has 0 saturated heterocycles. The first-order valence-electron chi connectivity index (χ1n) is 12.6. The number of carbonyl (C=O) groups is 1. The quantitative estimate of drug-likeness (QED) is 0.179. The molecule has 2 aromatic carbocycles. The first-order valence-corrected chi connectivity index (χ1v) is 12.6. The van der Waals surface area contributed by atoms with Crippen molar-refractivity contribution in [2.75, 3.05) is 13.2 Å². The molecule has 33 heavy (non-hydrogen) atoms. The topological polar surface area (TPSA) is 46.5 Å². The van der Waals surface area contributed by atoms with E-state index in [9.17, 15) is 9.90 Å². The summed E-state index contributed by atoms with van der Waals surface area (Å²) in [5, 5.41) is 9.60. The van der Waals surface area contributed by atoms with Crippen molar-refractivity contribution in [3.63, 3.8) is 0 Å². The summed E-state index contributed by atoms with van der Waals surface area (Å²) in [6.45, 7) is 9.95. The molecule has 0 spiro atoms. The van der Waals surface area contributed by atoms with Gasteiger partial charge in [0.25, 0.3) is 0 Å². The fourth-order valence-corrected chi connectivity index (χ4v) is 4.08. The Bertz CT molecular complexity index is 867. The predicted octanol–water partition coefficient (Wildman–Crippen LogP) is 7.09. The van der Waals surface area contributed by atoms with E-state index < -0.39 is 5.97 Å². The molecule has 1 unspecified atom stereocenters. The van der Waals surface area contributed by atoms with Crippen LogP contribution in [-0.4, -0.2) is 24.3 Å². The van der Waals surface area contributed by atoms with Gasteiger partial charge in [-0.25, -0.2) is 4.79 Å². The Morgan fingerprint density at radius 2 is 1.64 bits per heavy atom. The van der Waals surface area contributed by atoms with Crippen LogP contribution in [0.1, 0.15) is 76.0 Å². The van der Waals surface area contributed by atoms with Gasteiger partial charge in [0.05, 0.1) is 6.61 Å². The zero-order valence-electron chi connectivity index (χ0n) is 20.9. The predicted molar refractivity (Wildman–Crippen MR) is 138 cm³/mol. The third kappa shape index (κ3) is 9.17. The molecule has 1 N–H and O–H groups in total. The summed E-state index contributed by atoms with van der Waals surface area (Å²) < 4.78 is 5.20. The molecule has 0 aliphatic carbocycles. The molecule has 1 atom stereocenters. The van der Waals surface area contributed by atoms with E-state index >= 15 is 0 Å². The van der Waals surface area contributed by atoms with Crippen molar-refractivity contribution in [1.29, 1.82) is 0 Å². The second kappa shape index (κ2) is 14.7. The minimum absolute atomic E-state index is 0.00625. The highest BCUT2D eigenvalue weighted by Crippen LogP contribution is 2.25. The van der Waals surface area contributed by atoms with Crippen LogP contribution in [-0.2, 0) is 28.8 Å². The highest BCUT2D eigenvalue weighted by atomic mass is 16.5. The van der Waals surface area contributed by atoms with Crippen LogP contribution >= 0.6 is 0 Å². The number of ether oxygens (including phenoxy) is 1. The Morgan fingerprint density at radius 3 is 2.27 bits per heavy atom. The summed E-state index contributed by atoms with van der Waals surface area (Å²) >= 11 is 0. The number of aryl methyl sites for hydroxylation is 3. The van der Waals surface area contributed by atoms with Gasteiger partial charge >= 0.3 is 5.97 Å². The van der Waals surface area contributed by atoms with Crippen LogP contribution in [0.4, 0.5) is 0 Å². The molecule has 0 saturated carbocycles. The molecule has 0 fully saturated rings. The van der Waals surface area contributed by atoms with Crippen molar-refractivity contribution >= 4 is 5.97 Å². The number of carbonyl (C=O) groups excluding carboxylic acids is 1. The standard InChI is InChI=1S/C30H42O3/c1-5-7-8-9-10-11-27-18-19-29(20-26(27)6-2)28-16-14-24(15-17-28)12-13-25(21-31)22-33-30(32)23(3)4/h14-20,25,31H,3,5-13,21-22H2,1-2,4H3. The lowest BCUT2D eigenvalue weighted by Gasteiger charge is -2.15. The van der Waals surface area contributed by atoms with Gasteiger partial charge in [0, 0.05) is 18.1 Å². The van der Waals surface area contributed by atoms with Gasteiger partial charge in [0.2, 0.25) is 0 Å². The number of hydrogen-bond donors (Lipinski definition) is 1. The third-order valence-corrected chi connectivity index (χ3v) is 6.32. The Morgan fingerprint density at radius 1 is 0.939 bits per heavy atom. The van der Waals surface area contributed by atoms with E-state index in [1.54, 1.807) is 6.92 Å². The third-order valence-electron chi connectivity index (χ3n) is 6.32. The second-order valence-electron chi connectivity index (χ2n) is 9.16. The first-order chi connectivity index (χ1) is 16.0. The number of aliphatic hydroxyl groups is 1. The Hall–Kier alpha value is -2.39. The average molecular weight is 451 g/mol. The average Bonchev–Trinajstić information content (AvgIpc) is 2.84. The largest absolute Gasteiger partial charge is 0.462 e. The summed E-state index contributed by atoms with van der Waals surface area (Å²) in [6, 6.07) is 15.6. The van der Waals surface area contributed by atoms with E-state index in [2.05, 4.69) is 62.9 Å². The molecule has 3 heteroatoms. The smallest absolute Gasteiger partial charge is 0.333 e. The van der Waals surface area contributed by atoms with Crippen molar-refractivity contribution in [2.24, 2.45) is 5.92 Å². The van der Waals surface area contributed by atoms with Crippen molar-refractivity contribution in [1.82, 2.24) is 0 Å². The van der Waals surface area contributed by atoms with Crippen molar-refractivity contribution < 1.29 is 14.6 Å². The molecule has 0 heterocycles. The van der Waals surface area contributed by atoms with Gasteiger partial charge in [-0.3, -0.25) is 0 Å². The molecule has 2 rings (SSSR count). The van der Waals surface area contributed by atoms with Gasteiger partial charge in [-0.15, -0.1) is 0 Å². The highest BCUT2D eigenvalue weighted by Gasteiger charge is 2.12. The molecule has 2 aromatic rings. The number of aliphatic hydroxyl groups excluding tert-OH is 1. The molecule has 180 valence electrons. The van der Waals surface area contributed by atoms with Gasteiger partial charge in [-0.2, -0.15) is 0 Å². The number of esters is 1. The van der Waals surface area contributed by atoms with Crippen molar-refractivity contribution in [3.8, 4) is 11.1 Å². The fourth-order valence-electron chi connectivity index (χ4n) is 4.08. The zero-order chi connectivity index (χ0) is 24.1. The molecule has 0 aliphatic heterocycles. The van der Waals surface area contributed by atoms with E-state index in [4.69, 9.17) is 4.74 Å². The van der Waals surface area contributed by atoms with E-state index in [0.717, 1.165) is 19.3 Å². The molecule has 3 nitrogen and oxygen atoms in total. The normalized spacial score (nSPS) is 11.9. The molecule has 0 aromatic heterocycles. The van der Waals surface area contributed by atoms with Gasteiger partial charge < -0.3 is 9.84 Å². The summed E-state index contributed by atoms with van der Waals surface area (Å²) in [6.07, 6.45) is 10.4. The number of rotatable bonds is 15. The summed E-state index contributed by atoms with van der Waals surface area (Å²) in [7, 11) is 0. The van der Waals surface area contributed by atoms with Crippen LogP contribution in [0.3, 0.4) is 0 Å². The minimum Gasteiger partial charge on any atom is -0.462 e. The SMILES string of the molecule is C=C(C)C(=O)OCC(CO)CCc1ccc(-c2ccc(CCCCCCC)c(CC)c2)cc1. The van der Waals surface area contributed by atoms with Crippen molar-refractivity contribution in [2.45, 2.75) is 78.6 Å². The zero-order valence-corrected chi connectivity index (χ0v) is 20.9. The maximum Gasteiger partial charge on any atom is 0.333 e. The van der Waals surface area contributed by atoms with Crippen LogP contribution < -0.4 is 0 Å². The van der Waals surface area contributed by atoms with Gasteiger partial charge in [0.1, 0.15) is 0 Å². The molecule has 0 radical (unpaired) electrons. The van der Waals surface area contributed by atoms with Gasteiger partial charge in [-0.05, 0) is 66.8 Å². The molecule has 0 amide bonds. The van der Waals surface area contributed by atoms with Gasteiger partial charge in [0.15, 0.2) is 0 Å². The Labute approximate surface area is 200 Å². The maximum absolute atomic E-state index is 11.6. The van der Waals surface area contributed by atoms with Crippen LogP contribution in [0.25, 0.3) is 11.1 Å². The highest BCUT2D eigenvalue weighted by molar-refractivity contribution is 5.86.